The third-order valence-electron chi connectivity index (χ3n) is 16.5. The minimum absolute atomic E-state index is 0.0146. The van der Waals surface area contributed by atoms with E-state index in [1.54, 1.807) is 59.0 Å². The van der Waals surface area contributed by atoms with Gasteiger partial charge in [0.25, 0.3) is 17.7 Å². The van der Waals surface area contributed by atoms with Crippen LogP contribution in [0.5, 0.6) is 5.75 Å². The van der Waals surface area contributed by atoms with Gasteiger partial charge in [-0.05, 0) is 94.1 Å². The number of fused-ring (bicyclic) bond motifs is 5. The molecule has 8 amide bonds. The number of benzene rings is 2. The molecular formula is C62H86Cl2N10O19S. The number of nitrogens with zero attached hydrogens (tertiary/aromatic N) is 3. The number of nitrogens with one attached hydrogen (secondary N) is 6. The van der Waals surface area contributed by atoms with Crippen molar-refractivity contribution in [1.29, 1.82) is 0 Å². The number of nitrogens with two attached hydrogens (primary N) is 1. The molecule has 0 aromatic heterocycles. The van der Waals surface area contributed by atoms with E-state index >= 15 is 0 Å². The quantitative estimate of drug-likeness (QED) is 0.0213. The van der Waals surface area contributed by atoms with Crippen LogP contribution < -0.4 is 47.3 Å². The number of imide groups is 1. The number of epoxide rings is 1. The zero-order valence-corrected chi connectivity index (χ0v) is 56.5. The van der Waals surface area contributed by atoms with E-state index in [9.17, 15) is 53.4 Å². The van der Waals surface area contributed by atoms with Gasteiger partial charge in [-0.1, -0.05) is 67.8 Å². The van der Waals surface area contributed by atoms with Crippen LogP contribution in [-0.4, -0.2) is 207 Å². The molecule has 4 aliphatic heterocycles. The van der Waals surface area contributed by atoms with Gasteiger partial charge in [0.2, 0.25) is 11.8 Å². The molecule has 10 N–H and O–H groups in total. The Hall–Kier alpha value is -7.42. The molecule has 518 valence electrons. The number of allylic oxidation sites excluding steroid dienone is 3. The largest absolute Gasteiger partial charge is 0.495 e. The fourth-order valence-corrected chi connectivity index (χ4v) is 11.6. The summed E-state index contributed by atoms with van der Waals surface area (Å²) in [4.78, 5) is 124. The van der Waals surface area contributed by atoms with Crippen molar-refractivity contribution in [3.8, 4) is 5.75 Å². The van der Waals surface area contributed by atoms with Crippen LogP contribution in [0.4, 0.5) is 21.0 Å². The summed E-state index contributed by atoms with van der Waals surface area (Å²) < 4.78 is 40.6. The highest BCUT2D eigenvalue weighted by atomic mass is 35.5. The van der Waals surface area contributed by atoms with Gasteiger partial charge in [0.15, 0.2) is 10.8 Å². The predicted octanol–water partition coefficient (Wildman–Crippen LogP) is 3.66. The molecule has 1 unspecified atom stereocenters. The van der Waals surface area contributed by atoms with Gasteiger partial charge in [-0.25, -0.2) is 19.2 Å². The van der Waals surface area contributed by atoms with Crippen LogP contribution in [0, 0.1) is 11.8 Å². The molecule has 0 spiro atoms. The van der Waals surface area contributed by atoms with Crippen molar-refractivity contribution in [3.63, 3.8) is 0 Å². The highest BCUT2D eigenvalue weighted by molar-refractivity contribution is 7.80. The number of aliphatic hydroxyl groups is 2. The molecule has 3 fully saturated rings. The SMILES string of the molecule is COc1cc2cc(c1Cl)N(C)C(O)C[C@H](OC(=O)[C@H](C)N(C)C(=O)c1ccc(NC(=O)[C@H](CCCNC(N)=O)NC(=O)[C@@H](NC(=S)NCCOCCOCCC(=O)ON3C(=O)CCC3=O)C(C)C)cc1Cl)[C@]1(C)O[C@H]1[C@H](C)[C@@H]1C[C@@](O)(NC(=O)O1)[C@H](OC)/C=C/C=C(\C)C2. The number of amides is 8. The minimum Gasteiger partial charge on any atom is -0.495 e. The van der Waals surface area contributed by atoms with Crippen LogP contribution in [0.3, 0.4) is 0 Å². The molecule has 0 aliphatic carbocycles. The first kappa shape index (κ1) is 75.6. The lowest BCUT2D eigenvalue weighted by molar-refractivity contribution is -0.198. The number of methoxy groups -OCH3 is 2. The van der Waals surface area contributed by atoms with Crippen LogP contribution in [0.25, 0.3) is 0 Å². The Bertz CT molecular complexity index is 3170. The lowest BCUT2D eigenvalue weighted by Gasteiger charge is -2.42. The Morgan fingerprint density at radius 3 is 2.30 bits per heavy atom. The fraction of sp³-hybridized carbons (Fsp3) is 0.581. The Morgan fingerprint density at radius 2 is 1.65 bits per heavy atom. The summed E-state index contributed by atoms with van der Waals surface area (Å²) >= 11 is 19.1. The summed E-state index contributed by atoms with van der Waals surface area (Å²) in [7, 11) is 5.84. The van der Waals surface area contributed by atoms with Crippen molar-refractivity contribution in [2.75, 3.05) is 78.0 Å². The van der Waals surface area contributed by atoms with E-state index in [1.165, 1.54) is 51.3 Å². The molecule has 32 heteroatoms. The summed E-state index contributed by atoms with van der Waals surface area (Å²) in [5.41, 5.74) is 4.14. The molecule has 6 rings (SSSR count). The van der Waals surface area contributed by atoms with E-state index in [0.717, 1.165) is 16.0 Å². The van der Waals surface area contributed by atoms with E-state index in [1.807, 2.05) is 13.0 Å². The van der Waals surface area contributed by atoms with Gasteiger partial charge in [-0.2, -0.15) is 0 Å². The Balaban J connectivity index is 1.09. The average Bonchev–Trinajstić information content (AvgIpc) is 1.57. The fourth-order valence-electron chi connectivity index (χ4n) is 10.8. The van der Waals surface area contributed by atoms with Crippen LogP contribution in [0.2, 0.25) is 10.0 Å². The molecule has 94 heavy (non-hydrogen) atoms. The second-order valence-corrected chi connectivity index (χ2v) is 25.0. The number of hydrogen-bond donors (Lipinski definition) is 9. The third-order valence-corrected chi connectivity index (χ3v) is 17.4. The Labute approximate surface area is 560 Å². The molecule has 3 saturated heterocycles. The topological polar surface area (TPSA) is 379 Å². The zero-order chi connectivity index (χ0) is 69.4. The first-order valence-electron chi connectivity index (χ1n) is 30.6. The number of carbonyl (C=O) groups excluding carboxylic acids is 9. The van der Waals surface area contributed by atoms with E-state index in [0.29, 0.717) is 22.9 Å². The van der Waals surface area contributed by atoms with Gasteiger partial charge < -0.3 is 90.3 Å². The van der Waals surface area contributed by atoms with Crippen molar-refractivity contribution in [1.82, 2.24) is 36.5 Å². The van der Waals surface area contributed by atoms with Gasteiger partial charge >= 0.3 is 24.1 Å². The lowest BCUT2D eigenvalue weighted by atomic mass is 9.83. The molecule has 11 atom stereocenters. The Kier molecular flexibility index (Phi) is 27.6. The number of hydrogen-bond acceptors (Lipinski definition) is 21. The maximum absolute atomic E-state index is 14.5. The number of ether oxygens (including phenoxy) is 7. The van der Waals surface area contributed by atoms with Crippen molar-refractivity contribution < 1.29 is 91.4 Å². The van der Waals surface area contributed by atoms with Crippen LogP contribution in [0.15, 0.2) is 54.1 Å². The van der Waals surface area contributed by atoms with Crippen molar-refractivity contribution >= 4 is 106 Å². The number of thiocarbonyl (C=S) groups is 1. The summed E-state index contributed by atoms with van der Waals surface area (Å²) in [5, 5.41) is 41.1. The zero-order valence-electron chi connectivity index (χ0n) is 54.2. The summed E-state index contributed by atoms with van der Waals surface area (Å²) in [5.74, 6) is -5.48. The molecule has 4 heterocycles. The molecule has 0 saturated carbocycles. The Morgan fingerprint density at radius 1 is 0.957 bits per heavy atom. The predicted molar refractivity (Wildman–Crippen MR) is 346 cm³/mol. The second kappa shape index (κ2) is 34.3. The normalized spacial score (nSPS) is 24.8. The van der Waals surface area contributed by atoms with E-state index < -0.39 is 120 Å². The lowest BCUT2D eigenvalue weighted by Crippen LogP contribution is -2.63. The number of halogens is 2. The minimum atomic E-state index is -1.92. The smallest absolute Gasteiger partial charge is 0.409 e. The molecule has 2 aromatic rings. The number of rotatable bonds is 26. The standard InChI is InChI=1S/C62H86Cl2N10O19S/c1-33(2)52(70-59(94)67-22-24-89-26-25-88-23-20-50(78)93-74-47(75)18-19-48(74)76)55(80)69-41(14-12-21-66-58(65)83)54(79)68-38-16-17-39(40(63)30-38)56(81)72(7)36(5)57(82)91-46-31-49(77)73(8)42-28-37(29-43(86-9)51(42)64)27-34(3)13-11-15-45(87-10)62(85)32-44(90-60(84)71-62)35(4)53-61(46,6)92-53/h11,13,15-17,28-30,33,35-36,41,44-46,49,52-53,77,85H,12,14,18-27,31-32H2,1-10H3,(H,68,79)(H,69,80)(H,71,84)(H3,65,66,83)(H2,67,70,94)/b15-11+,34-13+/t35-,36+,41+,44+,45-,46+,49?,52+,53+,61+,62+/m1/s1. The number of aliphatic hydroxyl groups excluding tert-OH is 1. The molecular weight excluding hydrogens is 1290 g/mol. The van der Waals surface area contributed by atoms with Gasteiger partial charge in [0.05, 0.1) is 62.3 Å². The number of likely N-dealkylation sites (N-methyl/N-ethyl adjacent to an activating group) is 1. The van der Waals surface area contributed by atoms with Crippen molar-refractivity contribution in [3.05, 3.63) is 75.3 Å². The second-order valence-electron chi connectivity index (χ2n) is 23.8. The van der Waals surface area contributed by atoms with Crippen LogP contribution >= 0.6 is 35.4 Å². The molecule has 29 nitrogen and oxygen atoms in total. The summed E-state index contributed by atoms with van der Waals surface area (Å²) in [6, 6.07) is 3.43. The van der Waals surface area contributed by atoms with E-state index in [2.05, 4.69) is 31.9 Å². The highest BCUT2D eigenvalue weighted by Crippen LogP contribution is 2.50. The number of primary amides is 1. The number of hydroxylamine groups is 2. The molecule has 4 aliphatic rings. The van der Waals surface area contributed by atoms with Gasteiger partial charge in [-0.3, -0.25) is 29.3 Å². The van der Waals surface area contributed by atoms with Crippen molar-refractivity contribution in [2.24, 2.45) is 17.6 Å². The third kappa shape index (κ3) is 20.3. The molecule has 0 radical (unpaired) electrons. The number of anilines is 2. The van der Waals surface area contributed by atoms with Gasteiger partial charge in [0.1, 0.15) is 59.0 Å². The molecule has 4 bridgehead atoms. The first-order chi connectivity index (χ1) is 44.4. The van der Waals surface area contributed by atoms with Crippen molar-refractivity contribution in [2.45, 2.75) is 153 Å². The van der Waals surface area contributed by atoms with Gasteiger partial charge in [0, 0.05) is 71.6 Å². The average molecular weight is 1380 g/mol. The van der Waals surface area contributed by atoms with Crippen LogP contribution in [-0.2, 0) is 68.4 Å². The highest BCUT2D eigenvalue weighted by Gasteiger charge is 2.64. The maximum atomic E-state index is 14.5. The number of esters is 1. The number of urea groups is 1. The van der Waals surface area contributed by atoms with E-state index in [-0.39, 0.29) is 117 Å². The summed E-state index contributed by atoms with van der Waals surface area (Å²) in [6.07, 6.45) is -1.04. The number of carbonyl (C=O) groups is 9. The summed E-state index contributed by atoms with van der Waals surface area (Å²) in [6.45, 7) is 11.0. The maximum Gasteiger partial charge on any atom is 0.409 e. The first-order valence-corrected chi connectivity index (χ1v) is 31.8. The van der Waals surface area contributed by atoms with Gasteiger partial charge in [-0.15, -0.1) is 5.06 Å². The van der Waals surface area contributed by atoms with Crippen LogP contribution in [0.1, 0.15) is 102 Å². The monoisotopic (exact) mass is 1380 g/mol. The van der Waals surface area contributed by atoms with E-state index in [4.69, 9.17) is 79.1 Å². The number of alkyl carbamates (subject to hydrolysis) is 1. The molecule has 2 aromatic carbocycles.